The first-order valence-electron chi connectivity index (χ1n) is 4.04. The van der Waals surface area contributed by atoms with Crippen molar-refractivity contribution in [1.29, 1.82) is 0 Å². The van der Waals surface area contributed by atoms with E-state index in [1.165, 1.54) is 0 Å². The summed E-state index contributed by atoms with van der Waals surface area (Å²) in [6, 6.07) is 3.84. The Kier molecular flexibility index (Phi) is 2.06. The standard InChI is InChI=1S/C9H10N4/c10-5-8-4-9(7-11-6-8)13-3-1-2-12-13/h1-4,6-7H,5,10H2. The van der Waals surface area contributed by atoms with Crippen LogP contribution in [0.1, 0.15) is 5.56 Å². The molecule has 0 unspecified atom stereocenters. The molecule has 66 valence electrons. The number of aromatic nitrogens is 3. The summed E-state index contributed by atoms with van der Waals surface area (Å²) in [4.78, 5) is 4.07. The minimum atomic E-state index is 0.502. The molecule has 0 spiro atoms. The number of nitrogens with two attached hydrogens (primary N) is 1. The molecule has 0 bridgehead atoms. The third-order valence-corrected chi connectivity index (χ3v) is 1.79. The van der Waals surface area contributed by atoms with Gasteiger partial charge in [-0.3, -0.25) is 4.98 Å². The predicted molar refractivity (Wildman–Crippen MR) is 49.3 cm³/mol. The van der Waals surface area contributed by atoms with Gasteiger partial charge in [-0.2, -0.15) is 5.10 Å². The highest BCUT2D eigenvalue weighted by Gasteiger charge is 1.96. The number of nitrogens with zero attached hydrogens (tertiary/aromatic N) is 3. The van der Waals surface area contributed by atoms with Crippen molar-refractivity contribution in [2.75, 3.05) is 0 Å². The van der Waals surface area contributed by atoms with Crippen LogP contribution in [0.25, 0.3) is 5.69 Å². The summed E-state index contributed by atoms with van der Waals surface area (Å²) in [5, 5.41) is 4.10. The molecule has 0 saturated carbocycles. The normalized spacial score (nSPS) is 10.2. The second-order valence-electron chi connectivity index (χ2n) is 2.71. The number of pyridine rings is 1. The molecule has 4 nitrogen and oxygen atoms in total. The highest BCUT2D eigenvalue weighted by molar-refractivity contribution is 5.30. The quantitative estimate of drug-likeness (QED) is 0.730. The Morgan fingerprint density at radius 2 is 2.31 bits per heavy atom. The monoisotopic (exact) mass is 174 g/mol. The highest BCUT2D eigenvalue weighted by Crippen LogP contribution is 2.06. The van der Waals surface area contributed by atoms with Crippen LogP contribution in [0.2, 0.25) is 0 Å². The first-order chi connectivity index (χ1) is 6.40. The van der Waals surface area contributed by atoms with E-state index in [2.05, 4.69) is 10.1 Å². The molecule has 0 fully saturated rings. The van der Waals surface area contributed by atoms with Crippen LogP contribution in [0.4, 0.5) is 0 Å². The van der Waals surface area contributed by atoms with Gasteiger partial charge in [0.1, 0.15) is 0 Å². The van der Waals surface area contributed by atoms with Gasteiger partial charge in [0.15, 0.2) is 0 Å². The molecule has 4 heteroatoms. The van der Waals surface area contributed by atoms with Gasteiger partial charge in [-0.1, -0.05) is 0 Å². The second kappa shape index (κ2) is 3.37. The molecule has 0 aliphatic rings. The Labute approximate surface area is 76.0 Å². The lowest BCUT2D eigenvalue weighted by Crippen LogP contribution is -2.00. The van der Waals surface area contributed by atoms with Gasteiger partial charge in [-0.15, -0.1) is 0 Å². The van der Waals surface area contributed by atoms with Crippen LogP contribution < -0.4 is 5.73 Å². The second-order valence-corrected chi connectivity index (χ2v) is 2.71. The van der Waals surface area contributed by atoms with Crippen molar-refractivity contribution in [3.05, 3.63) is 42.5 Å². The van der Waals surface area contributed by atoms with Crippen molar-refractivity contribution < 1.29 is 0 Å². The van der Waals surface area contributed by atoms with E-state index in [1.54, 1.807) is 23.3 Å². The third kappa shape index (κ3) is 1.57. The largest absolute Gasteiger partial charge is 0.326 e. The Hall–Kier alpha value is -1.68. The van der Waals surface area contributed by atoms with Gasteiger partial charge < -0.3 is 5.73 Å². The average Bonchev–Trinajstić information content (AvgIpc) is 2.71. The summed E-state index contributed by atoms with van der Waals surface area (Å²) in [6.45, 7) is 0.502. The molecule has 2 N–H and O–H groups in total. The Morgan fingerprint density at radius 3 is 3.00 bits per heavy atom. The lowest BCUT2D eigenvalue weighted by atomic mass is 10.3. The minimum Gasteiger partial charge on any atom is -0.326 e. The molecule has 0 aromatic carbocycles. The fourth-order valence-electron chi connectivity index (χ4n) is 1.13. The zero-order valence-electron chi connectivity index (χ0n) is 7.09. The lowest BCUT2D eigenvalue weighted by molar-refractivity contribution is 0.867. The van der Waals surface area contributed by atoms with E-state index in [9.17, 15) is 0 Å². The van der Waals surface area contributed by atoms with Crippen LogP contribution in [0.5, 0.6) is 0 Å². The van der Waals surface area contributed by atoms with Crippen LogP contribution in [-0.2, 0) is 6.54 Å². The molecule has 0 amide bonds. The fourth-order valence-corrected chi connectivity index (χ4v) is 1.13. The molecule has 0 saturated heterocycles. The lowest BCUT2D eigenvalue weighted by Gasteiger charge is -2.01. The van der Waals surface area contributed by atoms with Crippen LogP contribution in [0.15, 0.2) is 36.9 Å². The zero-order chi connectivity index (χ0) is 9.10. The van der Waals surface area contributed by atoms with E-state index in [0.717, 1.165) is 11.3 Å². The van der Waals surface area contributed by atoms with Crippen molar-refractivity contribution in [3.63, 3.8) is 0 Å². The Balaban J connectivity index is 2.41. The van der Waals surface area contributed by atoms with Gasteiger partial charge in [0.05, 0.1) is 11.9 Å². The fraction of sp³-hybridized carbons (Fsp3) is 0.111. The van der Waals surface area contributed by atoms with Gasteiger partial charge in [0.25, 0.3) is 0 Å². The van der Waals surface area contributed by atoms with Gasteiger partial charge in [0, 0.05) is 25.1 Å². The summed E-state index contributed by atoms with van der Waals surface area (Å²) in [5.74, 6) is 0. The Morgan fingerprint density at radius 1 is 1.38 bits per heavy atom. The SMILES string of the molecule is NCc1cncc(-n2cccn2)c1. The maximum Gasteiger partial charge on any atom is 0.0831 e. The van der Waals surface area contributed by atoms with Gasteiger partial charge in [-0.05, 0) is 17.7 Å². The van der Waals surface area contributed by atoms with Crippen molar-refractivity contribution in [3.8, 4) is 5.69 Å². The summed E-state index contributed by atoms with van der Waals surface area (Å²) >= 11 is 0. The minimum absolute atomic E-state index is 0.502. The van der Waals surface area contributed by atoms with E-state index >= 15 is 0 Å². The molecule has 0 radical (unpaired) electrons. The molecular weight excluding hydrogens is 164 g/mol. The number of hydrogen-bond acceptors (Lipinski definition) is 3. The smallest absolute Gasteiger partial charge is 0.0831 e. The first kappa shape index (κ1) is 7.94. The van der Waals surface area contributed by atoms with Crippen LogP contribution in [-0.4, -0.2) is 14.8 Å². The zero-order valence-corrected chi connectivity index (χ0v) is 7.09. The van der Waals surface area contributed by atoms with E-state index in [0.29, 0.717) is 6.54 Å². The van der Waals surface area contributed by atoms with Crippen molar-refractivity contribution in [1.82, 2.24) is 14.8 Å². The van der Waals surface area contributed by atoms with Gasteiger partial charge in [-0.25, -0.2) is 4.68 Å². The molecule has 0 atom stereocenters. The maximum atomic E-state index is 5.50. The van der Waals surface area contributed by atoms with Crippen molar-refractivity contribution in [2.24, 2.45) is 5.73 Å². The van der Waals surface area contributed by atoms with Crippen LogP contribution in [0.3, 0.4) is 0 Å². The molecule has 2 aromatic heterocycles. The van der Waals surface area contributed by atoms with Crippen LogP contribution in [0, 0.1) is 0 Å². The number of rotatable bonds is 2. The third-order valence-electron chi connectivity index (χ3n) is 1.79. The molecule has 2 rings (SSSR count). The molecular formula is C9H10N4. The molecule has 2 heterocycles. The molecule has 0 aliphatic carbocycles. The summed E-state index contributed by atoms with van der Waals surface area (Å²) in [7, 11) is 0. The van der Waals surface area contributed by atoms with E-state index < -0.39 is 0 Å². The molecule has 0 aliphatic heterocycles. The molecule has 2 aromatic rings. The highest BCUT2D eigenvalue weighted by atomic mass is 15.3. The summed E-state index contributed by atoms with van der Waals surface area (Å²) in [6.07, 6.45) is 7.12. The molecule has 13 heavy (non-hydrogen) atoms. The van der Waals surface area contributed by atoms with Crippen molar-refractivity contribution in [2.45, 2.75) is 6.54 Å². The van der Waals surface area contributed by atoms with E-state index in [-0.39, 0.29) is 0 Å². The van der Waals surface area contributed by atoms with Crippen molar-refractivity contribution >= 4 is 0 Å². The Bertz CT molecular complexity index is 380. The summed E-state index contributed by atoms with van der Waals surface area (Å²) in [5.41, 5.74) is 7.45. The van der Waals surface area contributed by atoms with E-state index in [1.807, 2.05) is 18.3 Å². The van der Waals surface area contributed by atoms with Crippen LogP contribution >= 0.6 is 0 Å². The maximum absolute atomic E-state index is 5.50. The average molecular weight is 174 g/mol. The predicted octanol–water partition coefficient (Wildman–Crippen LogP) is 0.726. The van der Waals surface area contributed by atoms with E-state index in [4.69, 9.17) is 5.73 Å². The van der Waals surface area contributed by atoms with Gasteiger partial charge >= 0.3 is 0 Å². The number of hydrogen-bond donors (Lipinski definition) is 1. The topological polar surface area (TPSA) is 56.7 Å². The van der Waals surface area contributed by atoms with Gasteiger partial charge in [0.2, 0.25) is 0 Å². The summed E-state index contributed by atoms with van der Waals surface area (Å²) < 4.78 is 1.76. The first-order valence-corrected chi connectivity index (χ1v) is 4.04.